The van der Waals surface area contributed by atoms with Gasteiger partial charge in [-0.05, 0) is 94.0 Å². The molecule has 42 heavy (non-hydrogen) atoms. The Kier molecular flexibility index (Phi) is 17.8. The van der Waals surface area contributed by atoms with E-state index in [-0.39, 0.29) is 18.4 Å². The second kappa shape index (κ2) is 21.4. The van der Waals surface area contributed by atoms with Gasteiger partial charge in [0.2, 0.25) is 12.3 Å². The number of hydrogen-bond donors (Lipinski definition) is 2. The molecule has 0 fully saturated rings. The fourth-order valence-electron chi connectivity index (χ4n) is 4.35. The summed E-state index contributed by atoms with van der Waals surface area (Å²) in [5.41, 5.74) is 3.77. The number of carbonyl (C=O) groups excluding carboxylic acids is 3. The van der Waals surface area contributed by atoms with Gasteiger partial charge in [0, 0.05) is 56.6 Å². The summed E-state index contributed by atoms with van der Waals surface area (Å²) in [5, 5.41) is 5.52. The number of nitrogens with one attached hydrogen (secondary N) is 2. The number of hydrogen-bond acceptors (Lipinski definition) is 8. The van der Waals surface area contributed by atoms with Gasteiger partial charge in [-0.1, -0.05) is 19.1 Å². The maximum absolute atomic E-state index is 11.6. The lowest BCUT2D eigenvalue weighted by Crippen LogP contribution is -2.31. The maximum Gasteiger partial charge on any atom is 0.226 e. The molecule has 0 aromatic heterocycles. The van der Waals surface area contributed by atoms with E-state index in [0.717, 1.165) is 68.6 Å². The fourth-order valence-corrected chi connectivity index (χ4v) is 4.35. The van der Waals surface area contributed by atoms with Crippen molar-refractivity contribution in [3.05, 3.63) is 59.2 Å². The van der Waals surface area contributed by atoms with Gasteiger partial charge in [0.1, 0.15) is 12.0 Å². The summed E-state index contributed by atoms with van der Waals surface area (Å²) in [5.74, 6) is 0.662. The van der Waals surface area contributed by atoms with Crippen molar-refractivity contribution in [1.29, 1.82) is 0 Å². The Morgan fingerprint density at radius 2 is 1.71 bits per heavy atom. The minimum absolute atomic E-state index is 0.102. The second-order valence-corrected chi connectivity index (χ2v) is 10.4. The molecule has 2 aromatic carbocycles. The highest BCUT2D eigenvalue weighted by Gasteiger charge is 2.14. The average molecular weight is 584 g/mol. The summed E-state index contributed by atoms with van der Waals surface area (Å²) in [6, 6.07) is 14.1. The highest BCUT2D eigenvalue weighted by molar-refractivity contribution is 5.85. The molecule has 0 aliphatic carbocycles. The number of ether oxygens (including phenoxy) is 3. The van der Waals surface area contributed by atoms with Gasteiger partial charge in [0.05, 0.1) is 13.2 Å². The molecule has 0 saturated heterocycles. The van der Waals surface area contributed by atoms with Crippen molar-refractivity contribution >= 4 is 24.3 Å². The maximum atomic E-state index is 11.6. The monoisotopic (exact) mass is 583 g/mol. The number of amides is 2. The SMILES string of the molecule is CCc1cccc(OCCCCCOCCCOCCNc2ccc(C=O)c(CN(C)C(C)CCC(=O)NC=O)c2)c1. The lowest BCUT2D eigenvalue weighted by molar-refractivity contribution is -0.125. The predicted octanol–water partition coefficient (Wildman–Crippen LogP) is 5.02. The van der Waals surface area contributed by atoms with Gasteiger partial charge in [-0.3, -0.25) is 24.6 Å². The van der Waals surface area contributed by atoms with E-state index in [9.17, 15) is 14.4 Å². The lowest BCUT2D eigenvalue weighted by Gasteiger charge is -2.25. The topological polar surface area (TPSA) is 106 Å². The Hall–Kier alpha value is -3.27. The number of carbonyl (C=O) groups is 3. The molecule has 1 atom stereocenters. The molecule has 0 bridgehead atoms. The summed E-state index contributed by atoms with van der Waals surface area (Å²) in [4.78, 5) is 35.6. The number of imide groups is 1. The van der Waals surface area contributed by atoms with E-state index in [4.69, 9.17) is 14.2 Å². The van der Waals surface area contributed by atoms with Crippen molar-refractivity contribution in [3.63, 3.8) is 0 Å². The minimum atomic E-state index is -0.290. The quantitative estimate of drug-likeness (QED) is 0.131. The highest BCUT2D eigenvalue weighted by Crippen LogP contribution is 2.18. The van der Waals surface area contributed by atoms with Crippen LogP contribution in [0.1, 0.15) is 73.9 Å². The standard InChI is InChI=1S/C33H49N3O6/c1-4-28-10-8-11-32(22-28)42-20-7-5-6-17-40-18-9-19-41-21-16-34-31-14-13-29(25-37)30(23-31)24-36(3)27(2)12-15-33(39)35-26-38/h8,10-11,13-14,22-23,25-27,34H,4-7,9,12,15-21,24H2,1-3H3,(H,35,38,39). The molecule has 0 heterocycles. The molecule has 0 saturated carbocycles. The Bertz CT molecular complexity index is 1060. The molecule has 0 aliphatic rings. The smallest absolute Gasteiger partial charge is 0.226 e. The van der Waals surface area contributed by atoms with Crippen LogP contribution in [0.3, 0.4) is 0 Å². The summed E-state index contributed by atoms with van der Waals surface area (Å²) in [7, 11) is 1.96. The molecule has 9 nitrogen and oxygen atoms in total. The molecule has 2 N–H and O–H groups in total. The van der Waals surface area contributed by atoms with Gasteiger partial charge in [0.15, 0.2) is 0 Å². The number of rotatable bonds is 24. The Morgan fingerprint density at radius 3 is 2.48 bits per heavy atom. The van der Waals surface area contributed by atoms with E-state index in [1.807, 2.05) is 44.3 Å². The summed E-state index contributed by atoms with van der Waals surface area (Å²) in [6.45, 7) is 8.80. The van der Waals surface area contributed by atoms with Crippen molar-refractivity contribution in [2.24, 2.45) is 0 Å². The van der Waals surface area contributed by atoms with Crippen LogP contribution in [0.2, 0.25) is 0 Å². The van der Waals surface area contributed by atoms with Crippen molar-refractivity contribution in [2.75, 3.05) is 51.9 Å². The van der Waals surface area contributed by atoms with Gasteiger partial charge < -0.3 is 19.5 Å². The largest absolute Gasteiger partial charge is 0.494 e. The summed E-state index contributed by atoms with van der Waals surface area (Å²) < 4.78 is 17.3. The zero-order valence-electron chi connectivity index (χ0n) is 25.6. The first-order valence-electron chi connectivity index (χ1n) is 15.1. The molecule has 2 rings (SSSR count). The van der Waals surface area contributed by atoms with E-state index in [2.05, 4.69) is 34.6 Å². The van der Waals surface area contributed by atoms with Crippen molar-refractivity contribution in [2.45, 2.75) is 71.4 Å². The number of anilines is 1. The molecule has 2 aromatic rings. The van der Waals surface area contributed by atoms with Gasteiger partial charge in [0.25, 0.3) is 0 Å². The fraction of sp³-hybridized carbons (Fsp3) is 0.545. The number of aryl methyl sites for hydroxylation is 1. The zero-order chi connectivity index (χ0) is 30.4. The van der Waals surface area contributed by atoms with Crippen LogP contribution in [-0.2, 0) is 32.0 Å². The third-order valence-corrected chi connectivity index (χ3v) is 7.11. The highest BCUT2D eigenvalue weighted by atomic mass is 16.5. The van der Waals surface area contributed by atoms with E-state index in [1.54, 1.807) is 0 Å². The average Bonchev–Trinajstić information content (AvgIpc) is 3.00. The number of nitrogens with zero attached hydrogens (tertiary/aromatic N) is 1. The van der Waals surface area contributed by atoms with Gasteiger partial charge >= 0.3 is 0 Å². The van der Waals surface area contributed by atoms with Crippen LogP contribution in [0.5, 0.6) is 5.75 Å². The van der Waals surface area contributed by atoms with Crippen LogP contribution in [0, 0.1) is 0 Å². The number of benzene rings is 2. The predicted molar refractivity (Wildman–Crippen MR) is 166 cm³/mol. The first-order chi connectivity index (χ1) is 20.5. The first-order valence-corrected chi connectivity index (χ1v) is 15.1. The third-order valence-electron chi connectivity index (χ3n) is 7.11. The molecule has 0 spiro atoms. The zero-order valence-corrected chi connectivity index (χ0v) is 25.6. The molecule has 1 unspecified atom stereocenters. The lowest BCUT2D eigenvalue weighted by atomic mass is 10.1. The van der Waals surface area contributed by atoms with Crippen LogP contribution in [0.15, 0.2) is 42.5 Å². The van der Waals surface area contributed by atoms with E-state index < -0.39 is 0 Å². The molecular formula is C33H49N3O6. The molecule has 2 amide bonds. The van der Waals surface area contributed by atoms with Crippen LogP contribution in [-0.4, -0.2) is 76.2 Å². The molecule has 232 valence electrons. The number of aldehydes is 1. The van der Waals surface area contributed by atoms with Crippen LogP contribution >= 0.6 is 0 Å². The van der Waals surface area contributed by atoms with E-state index in [0.29, 0.717) is 51.3 Å². The van der Waals surface area contributed by atoms with Crippen LogP contribution < -0.4 is 15.4 Å². The van der Waals surface area contributed by atoms with Crippen LogP contribution in [0.4, 0.5) is 5.69 Å². The molecule has 0 radical (unpaired) electrons. The summed E-state index contributed by atoms with van der Waals surface area (Å²) >= 11 is 0. The Balaban J connectivity index is 1.52. The van der Waals surface area contributed by atoms with Crippen molar-refractivity contribution in [3.8, 4) is 5.75 Å². The van der Waals surface area contributed by atoms with Gasteiger partial charge in [-0.2, -0.15) is 0 Å². The van der Waals surface area contributed by atoms with Crippen LogP contribution in [0.25, 0.3) is 0 Å². The van der Waals surface area contributed by atoms with Gasteiger partial charge in [-0.25, -0.2) is 0 Å². The van der Waals surface area contributed by atoms with Crippen molar-refractivity contribution < 1.29 is 28.6 Å². The number of unbranched alkanes of at least 4 members (excludes halogenated alkanes) is 2. The Morgan fingerprint density at radius 1 is 0.952 bits per heavy atom. The normalized spacial score (nSPS) is 11.7. The molecular weight excluding hydrogens is 534 g/mol. The molecule has 9 heteroatoms. The van der Waals surface area contributed by atoms with E-state index >= 15 is 0 Å². The third kappa shape index (κ3) is 14.6. The minimum Gasteiger partial charge on any atom is -0.494 e. The first kappa shape index (κ1) is 34.9. The Labute approximate surface area is 251 Å². The van der Waals surface area contributed by atoms with Gasteiger partial charge in [-0.15, -0.1) is 0 Å². The van der Waals surface area contributed by atoms with E-state index in [1.165, 1.54) is 5.56 Å². The summed E-state index contributed by atoms with van der Waals surface area (Å²) in [6.07, 6.45) is 7.16. The second-order valence-electron chi connectivity index (χ2n) is 10.4. The van der Waals surface area contributed by atoms with Crippen molar-refractivity contribution in [1.82, 2.24) is 10.2 Å². The molecule has 0 aliphatic heterocycles.